The first kappa shape index (κ1) is 11.7. The molecule has 17 heavy (non-hydrogen) atoms. The lowest BCUT2D eigenvalue weighted by atomic mass is 10.1. The normalized spacial score (nSPS) is 10.2. The molecule has 0 radical (unpaired) electrons. The van der Waals surface area contributed by atoms with Gasteiger partial charge in [-0.05, 0) is 12.1 Å². The van der Waals surface area contributed by atoms with E-state index in [1.165, 1.54) is 7.11 Å². The summed E-state index contributed by atoms with van der Waals surface area (Å²) < 4.78 is 9.91. The summed E-state index contributed by atoms with van der Waals surface area (Å²) in [4.78, 5) is 11.0. The van der Waals surface area contributed by atoms with Crippen LogP contribution in [0.4, 0.5) is 0 Å². The van der Waals surface area contributed by atoms with Crippen molar-refractivity contribution in [3.63, 3.8) is 0 Å². The highest BCUT2D eigenvalue weighted by atomic mass is 35.5. The Morgan fingerprint density at radius 2 is 1.88 bits per heavy atom. The monoisotopic (exact) mass is 250 g/mol. The van der Waals surface area contributed by atoms with Crippen LogP contribution in [0.1, 0.15) is 0 Å². The van der Waals surface area contributed by atoms with E-state index in [4.69, 9.17) is 16.3 Å². The summed E-state index contributed by atoms with van der Waals surface area (Å²) in [6, 6.07) is 11.1. The van der Waals surface area contributed by atoms with Gasteiger partial charge in [0.15, 0.2) is 6.61 Å². The van der Waals surface area contributed by atoms with Gasteiger partial charge in [-0.25, -0.2) is 4.79 Å². The lowest BCUT2D eigenvalue weighted by molar-refractivity contribution is -0.142. The molecule has 0 aromatic heterocycles. The van der Waals surface area contributed by atoms with Crippen LogP contribution < -0.4 is 4.74 Å². The molecule has 0 aliphatic rings. The number of fused-ring (bicyclic) bond motifs is 1. The molecule has 2 rings (SSSR count). The molecule has 0 unspecified atom stereocenters. The van der Waals surface area contributed by atoms with Crippen LogP contribution in [-0.2, 0) is 9.53 Å². The molecule has 0 atom stereocenters. The fraction of sp³-hybridized carbons (Fsp3) is 0.154. The van der Waals surface area contributed by atoms with Crippen LogP contribution in [0.15, 0.2) is 36.4 Å². The van der Waals surface area contributed by atoms with Crippen molar-refractivity contribution in [1.29, 1.82) is 0 Å². The van der Waals surface area contributed by atoms with Crippen LogP contribution in [0.25, 0.3) is 10.8 Å². The average molecular weight is 251 g/mol. The standard InChI is InChI=1S/C13H11ClO3/c1-16-13(15)8-17-12-7-6-11(14)9-4-2-3-5-10(9)12/h2-7H,8H2,1H3. The van der Waals surface area contributed by atoms with Crippen LogP contribution in [0.3, 0.4) is 0 Å². The molecule has 0 aliphatic heterocycles. The Kier molecular flexibility index (Phi) is 3.49. The average Bonchev–Trinajstić information content (AvgIpc) is 2.38. The van der Waals surface area contributed by atoms with Gasteiger partial charge in [-0.1, -0.05) is 35.9 Å². The second kappa shape index (κ2) is 5.06. The molecule has 2 aromatic carbocycles. The zero-order valence-corrected chi connectivity index (χ0v) is 10.0. The molecule has 0 aliphatic carbocycles. The summed E-state index contributed by atoms with van der Waals surface area (Å²) in [5, 5.41) is 2.44. The summed E-state index contributed by atoms with van der Waals surface area (Å²) in [6.45, 7) is -0.109. The van der Waals surface area contributed by atoms with Gasteiger partial charge >= 0.3 is 5.97 Å². The first-order valence-corrected chi connectivity index (χ1v) is 5.47. The fourth-order valence-electron chi connectivity index (χ4n) is 1.56. The van der Waals surface area contributed by atoms with E-state index < -0.39 is 5.97 Å². The molecule has 0 spiro atoms. The molecule has 88 valence electrons. The highest BCUT2D eigenvalue weighted by Crippen LogP contribution is 2.31. The van der Waals surface area contributed by atoms with E-state index in [0.29, 0.717) is 10.8 Å². The summed E-state index contributed by atoms with van der Waals surface area (Å²) >= 11 is 6.07. The van der Waals surface area contributed by atoms with Gasteiger partial charge < -0.3 is 9.47 Å². The van der Waals surface area contributed by atoms with Crippen molar-refractivity contribution in [1.82, 2.24) is 0 Å². The Bertz CT molecular complexity index is 551. The third-order valence-electron chi connectivity index (χ3n) is 2.40. The maximum Gasteiger partial charge on any atom is 0.343 e. The largest absolute Gasteiger partial charge is 0.481 e. The van der Waals surface area contributed by atoms with Gasteiger partial charge in [0.25, 0.3) is 0 Å². The van der Waals surface area contributed by atoms with E-state index in [2.05, 4.69) is 4.74 Å². The van der Waals surface area contributed by atoms with Crippen LogP contribution >= 0.6 is 11.6 Å². The van der Waals surface area contributed by atoms with E-state index in [0.717, 1.165) is 10.8 Å². The quantitative estimate of drug-likeness (QED) is 0.786. The van der Waals surface area contributed by atoms with E-state index >= 15 is 0 Å². The highest BCUT2D eigenvalue weighted by molar-refractivity contribution is 6.35. The number of ether oxygens (including phenoxy) is 2. The number of methoxy groups -OCH3 is 1. The molecule has 3 nitrogen and oxygen atoms in total. The number of benzene rings is 2. The van der Waals surface area contributed by atoms with Gasteiger partial charge in [-0.3, -0.25) is 0 Å². The maximum absolute atomic E-state index is 11.0. The zero-order valence-electron chi connectivity index (χ0n) is 9.27. The summed E-state index contributed by atoms with van der Waals surface area (Å²) in [5.74, 6) is 0.208. The fourth-order valence-corrected chi connectivity index (χ4v) is 1.78. The van der Waals surface area contributed by atoms with Gasteiger partial charge in [-0.15, -0.1) is 0 Å². The number of halogens is 1. The maximum atomic E-state index is 11.0. The predicted molar refractivity (Wildman–Crippen MR) is 66.5 cm³/mol. The highest BCUT2D eigenvalue weighted by Gasteiger charge is 2.07. The summed E-state index contributed by atoms with van der Waals surface area (Å²) in [7, 11) is 1.33. The molecule has 0 fully saturated rings. The van der Waals surface area contributed by atoms with Gasteiger partial charge in [0.1, 0.15) is 5.75 Å². The molecule has 0 amide bonds. The van der Waals surface area contributed by atoms with Crippen molar-refractivity contribution in [3.8, 4) is 5.75 Å². The lowest BCUT2D eigenvalue weighted by Gasteiger charge is -2.09. The van der Waals surface area contributed by atoms with Crippen LogP contribution in [0, 0.1) is 0 Å². The zero-order chi connectivity index (χ0) is 12.3. The van der Waals surface area contributed by atoms with E-state index in [-0.39, 0.29) is 6.61 Å². The lowest BCUT2D eigenvalue weighted by Crippen LogP contribution is -2.12. The van der Waals surface area contributed by atoms with E-state index in [1.54, 1.807) is 12.1 Å². The number of esters is 1. The van der Waals surface area contributed by atoms with E-state index in [9.17, 15) is 4.79 Å². The van der Waals surface area contributed by atoms with Crippen molar-refractivity contribution >= 4 is 28.3 Å². The molecule has 2 aromatic rings. The second-order valence-corrected chi connectivity index (χ2v) is 3.86. The number of hydrogen-bond donors (Lipinski definition) is 0. The van der Waals surface area contributed by atoms with Crippen molar-refractivity contribution in [2.75, 3.05) is 13.7 Å². The van der Waals surface area contributed by atoms with Gasteiger partial charge in [0.2, 0.25) is 0 Å². The minimum atomic E-state index is -0.413. The number of rotatable bonds is 3. The van der Waals surface area contributed by atoms with Gasteiger partial charge in [0, 0.05) is 15.8 Å². The Labute approximate surface area is 104 Å². The Hall–Kier alpha value is -1.74. The Morgan fingerprint density at radius 1 is 1.18 bits per heavy atom. The topological polar surface area (TPSA) is 35.5 Å². The molecule has 0 heterocycles. The van der Waals surface area contributed by atoms with Gasteiger partial charge in [-0.2, -0.15) is 0 Å². The SMILES string of the molecule is COC(=O)COc1ccc(Cl)c2ccccc12. The molecular formula is C13H11ClO3. The van der Waals surface area contributed by atoms with Crippen molar-refractivity contribution in [3.05, 3.63) is 41.4 Å². The minimum Gasteiger partial charge on any atom is -0.481 e. The van der Waals surface area contributed by atoms with Crippen LogP contribution in [0.2, 0.25) is 5.02 Å². The van der Waals surface area contributed by atoms with E-state index in [1.807, 2.05) is 24.3 Å². The Balaban J connectivity index is 2.35. The molecule has 0 bridgehead atoms. The van der Waals surface area contributed by atoms with Crippen LogP contribution in [0.5, 0.6) is 5.75 Å². The van der Waals surface area contributed by atoms with Gasteiger partial charge in [0.05, 0.1) is 7.11 Å². The first-order chi connectivity index (χ1) is 8.22. The minimum absolute atomic E-state index is 0.109. The molecule has 0 N–H and O–H groups in total. The third kappa shape index (κ3) is 2.50. The molecule has 0 saturated heterocycles. The van der Waals surface area contributed by atoms with Crippen molar-refractivity contribution in [2.24, 2.45) is 0 Å². The van der Waals surface area contributed by atoms with Crippen molar-refractivity contribution in [2.45, 2.75) is 0 Å². The molecule has 0 saturated carbocycles. The smallest absolute Gasteiger partial charge is 0.343 e. The summed E-state index contributed by atoms with van der Waals surface area (Å²) in [5.41, 5.74) is 0. The Morgan fingerprint density at radius 3 is 2.59 bits per heavy atom. The molecule has 4 heteroatoms. The third-order valence-corrected chi connectivity index (χ3v) is 2.73. The number of hydrogen-bond acceptors (Lipinski definition) is 3. The number of carbonyl (C=O) groups is 1. The van der Waals surface area contributed by atoms with Crippen molar-refractivity contribution < 1.29 is 14.3 Å². The predicted octanol–water partition coefficient (Wildman–Crippen LogP) is 3.05. The number of carbonyl (C=O) groups excluding carboxylic acids is 1. The van der Waals surface area contributed by atoms with Crippen LogP contribution in [-0.4, -0.2) is 19.7 Å². The first-order valence-electron chi connectivity index (χ1n) is 5.09. The molecular weight excluding hydrogens is 240 g/mol. The summed E-state index contributed by atoms with van der Waals surface area (Å²) in [6.07, 6.45) is 0. The second-order valence-electron chi connectivity index (χ2n) is 3.46.